The molecule has 152 valence electrons. The lowest BCUT2D eigenvalue weighted by molar-refractivity contribution is -0.134. The molecule has 5 heteroatoms. The summed E-state index contributed by atoms with van der Waals surface area (Å²) >= 11 is 0. The maximum absolute atomic E-state index is 13.2. The van der Waals surface area contributed by atoms with Gasteiger partial charge in [-0.2, -0.15) is 0 Å². The van der Waals surface area contributed by atoms with E-state index in [1.54, 1.807) is 0 Å². The van der Waals surface area contributed by atoms with Crippen molar-refractivity contribution < 1.29 is 14.0 Å². The Hall–Kier alpha value is -1.78. The number of piperidine rings is 1. The van der Waals surface area contributed by atoms with Crippen molar-refractivity contribution in [1.82, 2.24) is 10.3 Å². The lowest BCUT2D eigenvalue weighted by atomic mass is 9.94. The molecule has 3 atom stereocenters. The van der Waals surface area contributed by atoms with Crippen LogP contribution in [0.25, 0.3) is 0 Å². The molecule has 0 radical (unpaired) electrons. The average molecular weight is 379 g/mol. The van der Waals surface area contributed by atoms with Crippen LogP contribution in [-0.4, -0.2) is 23.0 Å². The van der Waals surface area contributed by atoms with Gasteiger partial charge in [-0.05, 0) is 56.6 Å². The number of rotatable bonds is 6. The molecule has 0 bridgehead atoms. The summed E-state index contributed by atoms with van der Waals surface area (Å²) in [6.45, 7) is 12.2. The second-order valence-electron chi connectivity index (χ2n) is 8.05. The fraction of sp³-hybridized carbons (Fsp3) is 0.682. The third-order valence-corrected chi connectivity index (χ3v) is 5.03. The molecule has 27 heavy (non-hydrogen) atoms. The Bertz CT molecular complexity index is 631. The van der Waals surface area contributed by atoms with Gasteiger partial charge in [-0.3, -0.25) is 19.9 Å². The van der Waals surface area contributed by atoms with Crippen molar-refractivity contribution in [3.8, 4) is 0 Å². The third-order valence-electron chi connectivity index (χ3n) is 5.03. The number of pyridine rings is 1. The van der Waals surface area contributed by atoms with Crippen molar-refractivity contribution in [3.05, 3.63) is 29.1 Å². The zero-order chi connectivity index (χ0) is 20.6. The topological polar surface area (TPSA) is 59.1 Å². The number of alkyl halides is 1. The minimum absolute atomic E-state index is 0.190. The van der Waals surface area contributed by atoms with Gasteiger partial charge in [0.05, 0.1) is 11.6 Å². The van der Waals surface area contributed by atoms with Gasteiger partial charge >= 0.3 is 0 Å². The van der Waals surface area contributed by atoms with E-state index in [0.29, 0.717) is 18.8 Å². The second kappa shape index (κ2) is 11.2. The number of hydrogen-bond acceptors (Lipinski definition) is 3. The summed E-state index contributed by atoms with van der Waals surface area (Å²) in [6.07, 6.45) is 3.20. The summed E-state index contributed by atoms with van der Waals surface area (Å²) in [5.74, 6) is 0.0424. The van der Waals surface area contributed by atoms with Gasteiger partial charge in [-0.25, -0.2) is 4.39 Å². The molecule has 1 aromatic rings. The summed E-state index contributed by atoms with van der Waals surface area (Å²) in [5.41, 5.74) is 2.80. The molecule has 1 aromatic heterocycles. The first-order valence-electron chi connectivity index (χ1n) is 10.1. The summed E-state index contributed by atoms with van der Waals surface area (Å²) in [4.78, 5) is 27.0. The number of hydrogen-bond donors (Lipinski definition) is 1. The first-order chi connectivity index (χ1) is 12.6. The van der Waals surface area contributed by atoms with Crippen LogP contribution < -0.4 is 5.32 Å². The minimum Gasteiger partial charge on any atom is -0.296 e. The highest BCUT2D eigenvalue weighted by atomic mass is 19.1. The number of nitrogens with zero attached hydrogens (tertiary/aromatic N) is 1. The fourth-order valence-corrected chi connectivity index (χ4v) is 3.14. The second-order valence-corrected chi connectivity index (χ2v) is 8.05. The first-order valence-corrected chi connectivity index (χ1v) is 10.1. The molecule has 2 amide bonds. The van der Waals surface area contributed by atoms with Crippen LogP contribution in [-0.2, 0) is 9.59 Å². The molecule has 3 unspecified atom stereocenters. The molecule has 1 aliphatic heterocycles. The Kier molecular flexibility index (Phi) is 9.61. The number of imide groups is 1. The molecule has 4 nitrogen and oxygen atoms in total. The molecule has 1 N–H and O–H groups in total. The van der Waals surface area contributed by atoms with E-state index >= 15 is 0 Å². The van der Waals surface area contributed by atoms with Gasteiger partial charge in [0.1, 0.15) is 6.17 Å². The van der Waals surface area contributed by atoms with Crippen LogP contribution in [0.15, 0.2) is 12.1 Å². The largest absolute Gasteiger partial charge is 0.296 e. The minimum atomic E-state index is -0.588. The van der Waals surface area contributed by atoms with Crippen LogP contribution in [0.5, 0.6) is 0 Å². The Morgan fingerprint density at radius 1 is 1.22 bits per heavy atom. The Balaban J connectivity index is 0.000000293. The maximum atomic E-state index is 13.2. The number of aryl methyl sites for hydroxylation is 2. The van der Waals surface area contributed by atoms with Gasteiger partial charge in [0, 0.05) is 12.1 Å². The van der Waals surface area contributed by atoms with Gasteiger partial charge in [-0.15, -0.1) is 0 Å². The molecule has 1 saturated heterocycles. The molecule has 1 aliphatic rings. The van der Waals surface area contributed by atoms with Gasteiger partial charge in [0.15, 0.2) is 0 Å². The van der Waals surface area contributed by atoms with Crippen LogP contribution in [0.1, 0.15) is 82.7 Å². The molecule has 0 spiro atoms. The van der Waals surface area contributed by atoms with Crippen molar-refractivity contribution in [2.45, 2.75) is 85.7 Å². The molecule has 2 heterocycles. The van der Waals surface area contributed by atoms with Crippen LogP contribution in [0.3, 0.4) is 0 Å². The van der Waals surface area contributed by atoms with Crippen LogP contribution >= 0.6 is 0 Å². The van der Waals surface area contributed by atoms with E-state index in [1.165, 1.54) is 0 Å². The van der Waals surface area contributed by atoms with Crippen LogP contribution in [0.4, 0.5) is 4.39 Å². The van der Waals surface area contributed by atoms with Gasteiger partial charge in [-0.1, -0.05) is 40.2 Å². The molecule has 1 fully saturated rings. The monoisotopic (exact) mass is 378 g/mol. The average Bonchev–Trinajstić information content (AvgIpc) is 2.58. The third kappa shape index (κ3) is 7.77. The highest BCUT2D eigenvalue weighted by molar-refractivity contribution is 6.00. The van der Waals surface area contributed by atoms with Crippen molar-refractivity contribution in [3.63, 3.8) is 0 Å². The zero-order valence-electron chi connectivity index (χ0n) is 17.6. The van der Waals surface area contributed by atoms with Crippen LogP contribution in [0, 0.1) is 25.7 Å². The highest BCUT2D eigenvalue weighted by Gasteiger charge is 2.28. The van der Waals surface area contributed by atoms with E-state index in [4.69, 9.17) is 0 Å². The molecule has 0 aliphatic carbocycles. The number of halogens is 1. The van der Waals surface area contributed by atoms with E-state index in [1.807, 2.05) is 32.9 Å². The van der Waals surface area contributed by atoms with Crippen molar-refractivity contribution in [1.29, 1.82) is 0 Å². The van der Waals surface area contributed by atoms with E-state index < -0.39 is 6.17 Å². The Labute approximate surface area is 163 Å². The molecule has 0 aromatic carbocycles. The quantitative estimate of drug-likeness (QED) is 0.707. The number of carbonyl (C=O) groups excluding carboxylic acids is 2. The normalized spacial score (nSPS) is 19.2. The number of aromatic nitrogens is 1. The van der Waals surface area contributed by atoms with Crippen molar-refractivity contribution in [2.75, 3.05) is 0 Å². The first kappa shape index (κ1) is 23.3. The van der Waals surface area contributed by atoms with Gasteiger partial charge in [0.25, 0.3) is 0 Å². The van der Waals surface area contributed by atoms with Crippen molar-refractivity contribution >= 4 is 11.8 Å². The molecular weight excluding hydrogens is 343 g/mol. The summed E-state index contributed by atoms with van der Waals surface area (Å²) in [7, 11) is 0. The highest BCUT2D eigenvalue weighted by Crippen LogP contribution is 2.24. The van der Waals surface area contributed by atoms with E-state index in [-0.39, 0.29) is 23.7 Å². The van der Waals surface area contributed by atoms with Gasteiger partial charge < -0.3 is 0 Å². The lowest BCUT2D eigenvalue weighted by Crippen LogP contribution is -2.39. The smallest absolute Gasteiger partial charge is 0.235 e. The number of carbonyl (C=O) groups is 2. The van der Waals surface area contributed by atoms with E-state index in [9.17, 15) is 14.0 Å². The zero-order valence-corrected chi connectivity index (χ0v) is 17.6. The predicted molar refractivity (Wildman–Crippen MR) is 107 cm³/mol. The molecule has 2 rings (SSSR count). The van der Waals surface area contributed by atoms with E-state index in [0.717, 1.165) is 36.2 Å². The maximum Gasteiger partial charge on any atom is 0.235 e. The number of nitrogens with one attached hydrogen (secondary N) is 1. The standard InChI is InChI=1S/C12H14N2O2.C10H21F/c1-7-3-5-10(13-8(7)2)9-4-6-11(15)14-12(9)16;1-5-6-9(4)10(11)7-8(2)3/h3,5,9H,4,6H2,1-2H3,(H,14,15,16);8-10H,5-7H2,1-4H3. The molecular formula is C22H35FN2O2. The summed E-state index contributed by atoms with van der Waals surface area (Å²) < 4.78 is 13.2. The predicted octanol–water partition coefficient (Wildman–Crippen LogP) is 5.03. The molecule has 0 saturated carbocycles. The summed E-state index contributed by atoms with van der Waals surface area (Å²) in [5, 5.41) is 2.34. The Morgan fingerprint density at radius 3 is 2.41 bits per heavy atom. The number of amides is 2. The summed E-state index contributed by atoms with van der Waals surface area (Å²) in [6, 6.07) is 3.82. The Morgan fingerprint density at radius 2 is 1.89 bits per heavy atom. The fourth-order valence-electron chi connectivity index (χ4n) is 3.14. The van der Waals surface area contributed by atoms with Crippen LogP contribution in [0.2, 0.25) is 0 Å². The SMILES string of the molecule is CCCC(C)C(F)CC(C)C.Cc1ccc(C2CCC(=O)NC2=O)nc1C. The lowest BCUT2D eigenvalue weighted by Gasteiger charge is -2.20. The van der Waals surface area contributed by atoms with E-state index in [2.05, 4.69) is 31.1 Å². The van der Waals surface area contributed by atoms with Crippen molar-refractivity contribution in [2.24, 2.45) is 11.8 Å². The van der Waals surface area contributed by atoms with Gasteiger partial charge in [0.2, 0.25) is 11.8 Å².